The molecule has 0 saturated carbocycles. The highest BCUT2D eigenvalue weighted by atomic mass is 32.2. The lowest BCUT2D eigenvalue weighted by Crippen LogP contribution is -2.41. The predicted octanol–water partition coefficient (Wildman–Crippen LogP) is 1.84. The van der Waals surface area contributed by atoms with Gasteiger partial charge in [-0.1, -0.05) is 30.3 Å². The molecule has 0 spiro atoms. The zero-order valence-electron chi connectivity index (χ0n) is 13.4. The highest BCUT2D eigenvalue weighted by molar-refractivity contribution is 7.85. The Morgan fingerprint density at radius 2 is 1.96 bits per heavy atom. The molecule has 0 aliphatic carbocycles. The molecule has 1 aliphatic rings. The summed E-state index contributed by atoms with van der Waals surface area (Å²) in [7, 11) is -3.83. The Kier molecular flexibility index (Phi) is 6.44. The van der Waals surface area contributed by atoms with Gasteiger partial charge in [0.05, 0.1) is 18.6 Å². The van der Waals surface area contributed by atoms with E-state index in [9.17, 15) is 8.42 Å². The van der Waals surface area contributed by atoms with Crippen LogP contribution in [0, 0.1) is 0 Å². The van der Waals surface area contributed by atoms with Crippen LogP contribution in [0.2, 0.25) is 0 Å². The van der Waals surface area contributed by atoms with Gasteiger partial charge in [-0.3, -0.25) is 9.87 Å². The van der Waals surface area contributed by atoms with Gasteiger partial charge in [-0.05, 0) is 25.3 Å². The monoisotopic (exact) mass is 339 g/mol. The lowest BCUT2D eigenvalue weighted by atomic mass is 10.2. The van der Waals surface area contributed by atoms with E-state index in [2.05, 4.69) is 34.2 Å². The molecule has 1 aromatic rings. The van der Waals surface area contributed by atoms with Crippen LogP contribution in [0.1, 0.15) is 25.3 Å². The second kappa shape index (κ2) is 8.33. The van der Waals surface area contributed by atoms with Crippen LogP contribution >= 0.6 is 0 Å². The SMILES string of the molecule is CC(NCc1ccccc1)N1C=CN(CCCCS(=O)(=O)O)C1. The third-order valence-electron chi connectivity index (χ3n) is 3.85. The molecule has 7 heteroatoms. The molecule has 2 rings (SSSR count). The molecule has 1 heterocycles. The van der Waals surface area contributed by atoms with Gasteiger partial charge in [0.2, 0.25) is 0 Å². The van der Waals surface area contributed by atoms with Gasteiger partial charge in [0.15, 0.2) is 0 Å². The number of benzene rings is 1. The van der Waals surface area contributed by atoms with E-state index in [1.165, 1.54) is 5.56 Å². The van der Waals surface area contributed by atoms with E-state index in [0.717, 1.165) is 26.2 Å². The molecule has 0 amide bonds. The number of nitrogens with zero attached hydrogens (tertiary/aromatic N) is 2. The molecule has 1 unspecified atom stereocenters. The Morgan fingerprint density at radius 1 is 1.22 bits per heavy atom. The van der Waals surface area contributed by atoms with Crippen LogP contribution in [-0.2, 0) is 16.7 Å². The summed E-state index contributed by atoms with van der Waals surface area (Å²) in [6.07, 6.45) is 5.50. The molecule has 0 saturated heterocycles. The van der Waals surface area contributed by atoms with Crippen molar-refractivity contribution in [3.05, 3.63) is 48.3 Å². The van der Waals surface area contributed by atoms with Crippen molar-refractivity contribution in [2.45, 2.75) is 32.5 Å². The van der Waals surface area contributed by atoms with E-state index in [1.807, 2.05) is 30.6 Å². The van der Waals surface area contributed by atoms with E-state index in [0.29, 0.717) is 6.42 Å². The smallest absolute Gasteiger partial charge is 0.264 e. The van der Waals surface area contributed by atoms with E-state index in [1.54, 1.807) is 0 Å². The Bertz CT molecular complexity index is 604. The molecule has 1 aliphatic heterocycles. The Labute approximate surface area is 138 Å². The molecule has 0 fully saturated rings. The molecule has 1 aromatic carbocycles. The number of hydrogen-bond donors (Lipinski definition) is 2. The fourth-order valence-electron chi connectivity index (χ4n) is 2.46. The first-order chi connectivity index (χ1) is 10.9. The Morgan fingerprint density at radius 3 is 2.65 bits per heavy atom. The molecule has 2 N–H and O–H groups in total. The quantitative estimate of drug-likeness (QED) is 0.528. The summed E-state index contributed by atoms with van der Waals surface area (Å²) >= 11 is 0. The van der Waals surface area contributed by atoms with Crippen LogP contribution in [0.25, 0.3) is 0 Å². The number of rotatable bonds is 9. The predicted molar refractivity (Wildman–Crippen MR) is 90.9 cm³/mol. The molecule has 0 radical (unpaired) electrons. The van der Waals surface area contributed by atoms with Gasteiger partial charge in [-0.25, -0.2) is 0 Å². The van der Waals surface area contributed by atoms with Crippen molar-refractivity contribution in [2.24, 2.45) is 0 Å². The van der Waals surface area contributed by atoms with Gasteiger partial charge < -0.3 is 9.80 Å². The summed E-state index contributed by atoms with van der Waals surface area (Å²) in [5.41, 5.74) is 1.25. The Balaban J connectivity index is 1.65. The average molecular weight is 339 g/mol. The minimum absolute atomic E-state index is 0.163. The molecule has 1 atom stereocenters. The molecule has 128 valence electrons. The molecule has 0 bridgehead atoms. The second-order valence-corrected chi connectivity index (χ2v) is 7.37. The van der Waals surface area contributed by atoms with Crippen molar-refractivity contribution < 1.29 is 13.0 Å². The second-order valence-electron chi connectivity index (χ2n) is 5.80. The fourth-order valence-corrected chi connectivity index (χ4v) is 3.03. The van der Waals surface area contributed by atoms with Gasteiger partial charge in [0.1, 0.15) is 0 Å². The maximum Gasteiger partial charge on any atom is 0.264 e. The fraction of sp³-hybridized carbons (Fsp3) is 0.500. The summed E-state index contributed by atoms with van der Waals surface area (Å²) in [6.45, 7) is 4.51. The summed E-state index contributed by atoms with van der Waals surface area (Å²) in [5.74, 6) is -0.163. The van der Waals surface area contributed by atoms with E-state index < -0.39 is 10.1 Å². The van der Waals surface area contributed by atoms with Crippen LogP contribution in [0.15, 0.2) is 42.7 Å². The van der Waals surface area contributed by atoms with Crippen LogP contribution in [0.5, 0.6) is 0 Å². The third kappa shape index (κ3) is 6.60. The molecule has 0 aromatic heterocycles. The number of hydrogen-bond acceptors (Lipinski definition) is 5. The molecular formula is C16H25N3O3S. The largest absolute Gasteiger partial charge is 0.359 e. The zero-order chi connectivity index (χ0) is 16.7. The van der Waals surface area contributed by atoms with E-state index in [4.69, 9.17) is 4.55 Å². The molecule has 23 heavy (non-hydrogen) atoms. The van der Waals surface area contributed by atoms with Crippen LogP contribution in [0.4, 0.5) is 0 Å². The van der Waals surface area contributed by atoms with Gasteiger partial charge in [0.25, 0.3) is 10.1 Å². The summed E-state index contributed by atoms with van der Waals surface area (Å²) in [6, 6.07) is 10.3. The third-order valence-corrected chi connectivity index (χ3v) is 4.66. The molecule has 6 nitrogen and oxygen atoms in total. The summed E-state index contributed by atoms with van der Waals surface area (Å²) < 4.78 is 30.0. The van der Waals surface area contributed by atoms with E-state index in [-0.39, 0.29) is 11.9 Å². The Hall–Kier alpha value is -1.57. The average Bonchev–Trinajstić information content (AvgIpc) is 2.98. The highest BCUT2D eigenvalue weighted by Crippen LogP contribution is 2.11. The first-order valence-corrected chi connectivity index (χ1v) is 9.45. The number of unbranched alkanes of at least 4 members (excludes halogenated alkanes) is 1. The van der Waals surface area contributed by atoms with Crippen LogP contribution < -0.4 is 5.32 Å². The van der Waals surface area contributed by atoms with Crippen molar-refractivity contribution in [1.29, 1.82) is 0 Å². The van der Waals surface area contributed by atoms with Gasteiger partial charge >= 0.3 is 0 Å². The maximum atomic E-state index is 10.7. The minimum atomic E-state index is -3.83. The topological polar surface area (TPSA) is 72.9 Å². The van der Waals surface area contributed by atoms with E-state index >= 15 is 0 Å². The maximum absolute atomic E-state index is 10.7. The van der Waals surface area contributed by atoms with Crippen molar-refractivity contribution in [2.75, 3.05) is 19.0 Å². The summed E-state index contributed by atoms with van der Waals surface area (Å²) in [5, 5.41) is 3.48. The minimum Gasteiger partial charge on any atom is -0.359 e. The van der Waals surface area contributed by atoms with Crippen molar-refractivity contribution in [3.63, 3.8) is 0 Å². The van der Waals surface area contributed by atoms with Crippen LogP contribution in [-0.4, -0.2) is 47.9 Å². The van der Waals surface area contributed by atoms with Crippen molar-refractivity contribution in [1.82, 2.24) is 15.1 Å². The highest BCUT2D eigenvalue weighted by Gasteiger charge is 2.17. The standard InChI is InChI=1S/C16H25N3O3S/c1-15(17-13-16-7-3-2-4-8-16)19-11-10-18(14-19)9-5-6-12-23(20,21)22/h2-4,7-8,10-11,15,17H,5-6,9,12-14H2,1H3,(H,20,21,22). The van der Waals surface area contributed by atoms with Gasteiger partial charge in [-0.2, -0.15) is 8.42 Å². The van der Waals surface area contributed by atoms with Gasteiger partial charge in [0, 0.05) is 25.5 Å². The van der Waals surface area contributed by atoms with Crippen molar-refractivity contribution >= 4 is 10.1 Å². The lowest BCUT2D eigenvalue weighted by molar-refractivity contribution is 0.194. The first-order valence-electron chi connectivity index (χ1n) is 7.85. The number of nitrogens with one attached hydrogen (secondary N) is 1. The molecular weight excluding hydrogens is 314 g/mol. The normalized spacial score (nSPS) is 16.1. The summed E-state index contributed by atoms with van der Waals surface area (Å²) in [4.78, 5) is 4.34. The van der Waals surface area contributed by atoms with Gasteiger partial charge in [-0.15, -0.1) is 0 Å². The zero-order valence-corrected chi connectivity index (χ0v) is 14.2. The lowest BCUT2D eigenvalue weighted by Gasteiger charge is -2.27. The van der Waals surface area contributed by atoms with Crippen LogP contribution in [0.3, 0.4) is 0 Å². The van der Waals surface area contributed by atoms with Crippen molar-refractivity contribution in [3.8, 4) is 0 Å². The first kappa shape index (κ1) is 17.8.